The summed E-state index contributed by atoms with van der Waals surface area (Å²) in [5, 5.41) is 25.7. The first-order valence-electron chi connectivity index (χ1n) is 16.9. The Balaban J connectivity index is 1.75. The van der Waals surface area contributed by atoms with Crippen molar-refractivity contribution in [2.45, 2.75) is 102 Å². The number of rotatable bonds is 14. The number of carbonyl (C=O) groups is 3. The maximum atomic E-state index is 15.3. The van der Waals surface area contributed by atoms with Crippen LogP contribution in [-0.2, 0) is 10.3 Å². The number of carbonyl (C=O) groups excluding carboxylic acids is 2. The van der Waals surface area contributed by atoms with Crippen LogP contribution in [0.15, 0.2) is 12.1 Å². The second-order valence-corrected chi connectivity index (χ2v) is 20.5. The van der Waals surface area contributed by atoms with Crippen LogP contribution in [0.5, 0.6) is 0 Å². The second kappa shape index (κ2) is 17.7. The number of amides is 4. The molecule has 3 atom stereocenters. The molecule has 3 rings (SSSR count). The third-order valence-corrected chi connectivity index (χ3v) is 11.5. The van der Waals surface area contributed by atoms with Crippen LogP contribution in [0.1, 0.15) is 69.8 Å². The Morgan fingerprint density at radius 3 is 2.51 bits per heavy atom. The molecule has 1 saturated heterocycles. The summed E-state index contributed by atoms with van der Waals surface area (Å²) in [6.45, 7) is 7.82. The number of piperidine rings is 1. The lowest BCUT2D eigenvalue weighted by atomic mass is 9.74. The fourth-order valence-electron chi connectivity index (χ4n) is 6.75. The van der Waals surface area contributed by atoms with Crippen molar-refractivity contribution in [2.75, 3.05) is 39.8 Å². The van der Waals surface area contributed by atoms with Gasteiger partial charge in [-0.2, -0.15) is 0 Å². The van der Waals surface area contributed by atoms with Gasteiger partial charge in [-0.05, 0) is 50.1 Å². The van der Waals surface area contributed by atoms with Crippen molar-refractivity contribution >= 4 is 37.9 Å². The fraction of sp³-hybridized carbons (Fsp3) is 0.727. The largest absolute Gasteiger partial charge is 0.465 e. The van der Waals surface area contributed by atoms with Gasteiger partial charge in [0.15, 0.2) is 5.82 Å². The molecule has 4 amide bonds. The van der Waals surface area contributed by atoms with E-state index in [1.807, 2.05) is 0 Å². The highest BCUT2D eigenvalue weighted by molar-refractivity contribution is 6.76. The predicted molar refractivity (Wildman–Crippen MR) is 180 cm³/mol. The number of urea groups is 1. The minimum Gasteiger partial charge on any atom is -0.465 e. The van der Waals surface area contributed by atoms with E-state index in [9.17, 15) is 23.9 Å². The van der Waals surface area contributed by atoms with Gasteiger partial charge in [-0.25, -0.2) is 23.2 Å². The van der Waals surface area contributed by atoms with Crippen molar-refractivity contribution in [1.29, 1.82) is 0 Å². The van der Waals surface area contributed by atoms with Gasteiger partial charge in [-0.3, -0.25) is 0 Å². The summed E-state index contributed by atoms with van der Waals surface area (Å²) >= 11 is 5.90. The average Bonchev–Trinajstić information content (AvgIpc) is 3.01. The Morgan fingerprint density at radius 2 is 1.85 bits per heavy atom. The fourth-order valence-corrected chi connectivity index (χ4v) is 7.63. The van der Waals surface area contributed by atoms with Gasteiger partial charge in [-0.1, -0.05) is 69.4 Å². The van der Waals surface area contributed by atoms with Crippen molar-refractivity contribution in [1.82, 2.24) is 20.4 Å². The van der Waals surface area contributed by atoms with Crippen molar-refractivity contribution in [3.8, 4) is 0 Å². The highest BCUT2D eigenvalue weighted by Crippen LogP contribution is 2.42. The first-order valence-corrected chi connectivity index (χ1v) is 21.0. The lowest BCUT2D eigenvalue weighted by molar-refractivity contribution is -0.0577. The molecular formula is C33H53ClF2N4O6Si. The van der Waals surface area contributed by atoms with Gasteiger partial charge in [-0.15, -0.1) is 0 Å². The van der Waals surface area contributed by atoms with Gasteiger partial charge in [0, 0.05) is 58.8 Å². The van der Waals surface area contributed by atoms with Gasteiger partial charge < -0.3 is 35.4 Å². The van der Waals surface area contributed by atoms with E-state index >= 15 is 4.39 Å². The van der Waals surface area contributed by atoms with Crippen LogP contribution in [0.2, 0.25) is 30.7 Å². The van der Waals surface area contributed by atoms with Crippen molar-refractivity contribution in [3.63, 3.8) is 0 Å². The van der Waals surface area contributed by atoms with E-state index < -0.39 is 48.4 Å². The lowest BCUT2D eigenvalue weighted by Gasteiger charge is -2.43. The zero-order valence-corrected chi connectivity index (χ0v) is 30.0. The Labute approximate surface area is 283 Å². The maximum absolute atomic E-state index is 15.3. The Kier molecular flexibility index (Phi) is 14.6. The van der Waals surface area contributed by atoms with Gasteiger partial charge in [0.2, 0.25) is 0 Å². The molecule has 47 heavy (non-hydrogen) atoms. The molecule has 1 heterocycles. The minimum absolute atomic E-state index is 0.0159. The van der Waals surface area contributed by atoms with Crippen LogP contribution < -0.4 is 10.6 Å². The molecule has 0 radical (unpaired) electrons. The first-order chi connectivity index (χ1) is 22.1. The molecule has 10 nitrogen and oxygen atoms in total. The molecule has 2 aliphatic rings. The summed E-state index contributed by atoms with van der Waals surface area (Å²) in [7, 11) is 0.304. The van der Waals surface area contributed by atoms with Crippen LogP contribution in [0, 0.1) is 23.5 Å². The summed E-state index contributed by atoms with van der Waals surface area (Å²) in [6.07, 6.45) is 5.79. The van der Waals surface area contributed by atoms with Crippen LogP contribution >= 0.6 is 11.6 Å². The molecular weight excluding hydrogens is 650 g/mol. The number of aliphatic hydroxyl groups is 1. The summed E-state index contributed by atoms with van der Waals surface area (Å²) in [4.78, 5) is 40.7. The Bertz CT molecular complexity index is 1220. The highest BCUT2D eigenvalue weighted by atomic mass is 35.5. The molecule has 0 bridgehead atoms. The molecule has 2 fully saturated rings. The highest BCUT2D eigenvalue weighted by Gasteiger charge is 2.43. The SMILES string of the molecule is CN(C[C@H](CC1CCCCC1)NC(=O)N1CCC[C@@H]([C@@](O)(CCCNC(=O)O)c2ccc(F)c(Cl)c2F)C1)C(=O)OCC[Si](C)(C)C. The Morgan fingerprint density at radius 1 is 1.15 bits per heavy atom. The molecule has 1 aromatic carbocycles. The third-order valence-electron chi connectivity index (χ3n) is 9.45. The van der Waals surface area contributed by atoms with Crippen LogP contribution in [0.25, 0.3) is 0 Å². The molecule has 0 unspecified atom stereocenters. The summed E-state index contributed by atoms with van der Waals surface area (Å²) in [6, 6.07) is 2.36. The first kappa shape index (κ1) is 38.8. The molecule has 1 saturated carbocycles. The number of carboxylic acid groups (broad SMARTS) is 1. The van der Waals surface area contributed by atoms with Gasteiger partial charge in [0.05, 0.1) is 12.2 Å². The monoisotopic (exact) mass is 702 g/mol. The number of hydrogen-bond acceptors (Lipinski definition) is 5. The van der Waals surface area contributed by atoms with E-state index in [4.69, 9.17) is 21.4 Å². The molecule has 0 spiro atoms. The summed E-state index contributed by atoms with van der Waals surface area (Å²) in [5.74, 6) is -2.24. The van der Waals surface area contributed by atoms with E-state index in [0.29, 0.717) is 31.9 Å². The van der Waals surface area contributed by atoms with Crippen molar-refractivity contribution in [3.05, 3.63) is 34.4 Å². The number of ether oxygens (including phenoxy) is 1. The molecule has 0 aromatic heterocycles. The molecule has 1 aliphatic heterocycles. The normalized spacial score (nSPS) is 19.4. The molecule has 266 valence electrons. The number of likely N-dealkylation sites (N-methyl/N-ethyl adjacent to an activating group) is 1. The zero-order valence-electron chi connectivity index (χ0n) is 28.3. The second-order valence-electron chi connectivity index (χ2n) is 14.5. The van der Waals surface area contributed by atoms with Crippen LogP contribution in [0.3, 0.4) is 0 Å². The van der Waals surface area contributed by atoms with Crippen LogP contribution in [-0.4, -0.2) is 92.2 Å². The summed E-state index contributed by atoms with van der Waals surface area (Å²) in [5.41, 5.74) is -2.03. The van der Waals surface area contributed by atoms with Crippen molar-refractivity contribution < 1.29 is 38.1 Å². The van der Waals surface area contributed by atoms with Gasteiger partial charge >= 0.3 is 18.2 Å². The number of nitrogens with one attached hydrogen (secondary N) is 2. The van der Waals surface area contributed by atoms with Crippen molar-refractivity contribution in [2.24, 2.45) is 11.8 Å². The van der Waals surface area contributed by atoms with E-state index in [0.717, 1.165) is 44.2 Å². The number of benzene rings is 1. The molecule has 4 N–H and O–H groups in total. The topological polar surface area (TPSA) is 131 Å². The lowest BCUT2D eigenvalue weighted by Crippen LogP contribution is -2.54. The van der Waals surface area contributed by atoms with Gasteiger partial charge in [0.1, 0.15) is 10.8 Å². The molecule has 14 heteroatoms. The zero-order chi connectivity index (χ0) is 34.8. The Hall–Kier alpha value is -2.64. The number of hydrogen-bond donors (Lipinski definition) is 4. The third kappa shape index (κ3) is 11.8. The predicted octanol–water partition coefficient (Wildman–Crippen LogP) is 7.02. The number of halogens is 3. The van der Waals surface area contributed by atoms with Gasteiger partial charge in [0.25, 0.3) is 0 Å². The van der Waals surface area contributed by atoms with E-state index in [-0.39, 0.29) is 50.1 Å². The number of nitrogens with zero attached hydrogens (tertiary/aromatic N) is 2. The quantitative estimate of drug-likeness (QED) is 0.0937. The summed E-state index contributed by atoms with van der Waals surface area (Å²) < 4.78 is 35.0. The molecule has 1 aliphatic carbocycles. The smallest absolute Gasteiger partial charge is 0.409 e. The minimum atomic E-state index is -1.85. The van der Waals surface area contributed by atoms with E-state index in [2.05, 4.69) is 30.3 Å². The van der Waals surface area contributed by atoms with E-state index in [1.165, 1.54) is 17.4 Å². The average molecular weight is 703 g/mol. The molecule has 1 aromatic rings. The number of likely N-dealkylation sites (tertiary alicyclic amines) is 1. The standard InChI is InChI=1S/C33H53ClF2N4O6Si/c1-39(32(44)46-18-19-47(2,3)4)22-25(20-23-10-6-5-7-11-23)38-30(41)40-17-8-12-24(21-40)33(45,15-9-16-37-31(42)43)26-13-14-27(35)28(34)29(26)36/h13-14,23-25,37,45H,5-12,15-22H2,1-4H3,(H,38,41)(H,42,43)/t24-,25+,33+/m1/s1. The van der Waals surface area contributed by atoms with Crippen LogP contribution in [0.4, 0.5) is 23.2 Å². The van der Waals surface area contributed by atoms with E-state index in [1.54, 1.807) is 11.9 Å². The maximum Gasteiger partial charge on any atom is 0.409 e.